The Morgan fingerprint density at radius 3 is 2.61 bits per heavy atom. The minimum Gasteiger partial charge on any atom is -0.329 e. The summed E-state index contributed by atoms with van der Waals surface area (Å²) in [5.74, 6) is -0.149. The Hall–Kier alpha value is -1.00. The SMILES string of the molecule is CC(c1cc(F)ccc1F)N(C)C(CN)C1CC1. The molecule has 0 amide bonds. The molecular formula is C14H20F2N2. The van der Waals surface area contributed by atoms with Crippen molar-refractivity contribution in [1.82, 2.24) is 4.90 Å². The molecule has 0 saturated heterocycles. The summed E-state index contributed by atoms with van der Waals surface area (Å²) in [7, 11) is 1.94. The van der Waals surface area contributed by atoms with Gasteiger partial charge in [0.2, 0.25) is 0 Å². The standard InChI is InChI=1S/C14H20F2N2/c1-9(12-7-11(15)5-6-13(12)16)18(2)14(8-17)10-3-4-10/h5-7,9-10,14H,3-4,8,17H2,1-2H3. The summed E-state index contributed by atoms with van der Waals surface area (Å²) in [4.78, 5) is 2.06. The van der Waals surface area contributed by atoms with Crippen molar-refractivity contribution >= 4 is 0 Å². The number of halogens is 2. The quantitative estimate of drug-likeness (QED) is 0.875. The van der Waals surface area contributed by atoms with Gasteiger partial charge in [-0.25, -0.2) is 8.78 Å². The van der Waals surface area contributed by atoms with Crippen LogP contribution in [0.3, 0.4) is 0 Å². The topological polar surface area (TPSA) is 29.3 Å². The molecule has 1 aliphatic carbocycles. The largest absolute Gasteiger partial charge is 0.329 e. The highest BCUT2D eigenvalue weighted by atomic mass is 19.1. The molecule has 2 atom stereocenters. The van der Waals surface area contributed by atoms with Crippen LogP contribution < -0.4 is 5.73 Å². The second-order valence-corrected chi connectivity index (χ2v) is 5.15. The highest BCUT2D eigenvalue weighted by Crippen LogP contribution is 2.37. The Balaban J connectivity index is 2.18. The maximum absolute atomic E-state index is 13.7. The number of hydrogen-bond donors (Lipinski definition) is 1. The maximum atomic E-state index is 13.7. The molecule has 1 fully saturated rings. The van der Waals surface area contributed by atoms with Crippen LogP contribution in [0.2, 0.25) is 0 Å². The van der Waals surface area contributed by atoms with Crippen LogP contribution in [0.25, 0.3) is 0 Å². The van der Waals surface area contributed by atoms with Crippen molar-refractivity contribution in [3.8, 4) is 0 Å². The van der Waals surface area contributed by atoms with Crippen LogP contribution >= 0.6 is 0 Å². The number of benzene rings is 1. The molecule has 2 rings (SSSR count). The number of rotatable bonds is 5. The van der Waals surface area contributed by atoms with E-state index in [1.165, 1.54) is 25.0 Å². The van der Waals surface area contributed by atoms with Crippen molar-refractivity contribution in [2.75, 3.05) is 13.6 Å². The summed E-state index contributed by atoms with van der Waals surface area (Å²) in [6, 6.07) is 3.69. The van der Waals surface area contributed by atoms with Gasteiger partial charge in [0.1, 0.15) is 11.6 Å². The van der Waals surface area contributed by atoms with Gasteiger partial charge in [-0.1, -0.05) is 0 Å². The van der Waals surface area contributed by atoms with Gasteiger partial charge in [-0.05, 0) is 50.9 Å². The fraction of sp³-hybridized carbons (Fsp3) is 0.571. The molecule has 4 heteroatoms. The Bertz CT molecular complexity index is 418. The molecule has 0 aromatic heterocycles. The summed E-state index contributed by atoms with van der Waals surface area (Å²) >= 11 is 0. The predicted molar refractivity (Wildman–Crippen MR) is 68.1 cm³/mol. The minimum absolute atomic E-state index is 0.171. The monoisotopic (exact) mass is 254 g/mol. The Morgan fingerprint density at radius 1 is 1.39 bits per heavy atom. The molecule has 2 N–H and O–H groups in total. The first-order chi connectivity index (χ1) is 8.54. The third-order valence-electron chi connectivity index (χ3n) is 3.95. The van der Waals surface area contributed by atoms with E-state index in [1.54, 1.807) is 0 Å². The van der Waals surface area contributed by atoms with Gasteiger partial charge < -0.3 is 5.73 Å². The third-order valence-corrected chi connectivity index (χ3v) is 3.95. The molecule has 2 nitrogen and oxygen atoms in total. The molecule has 0 aliphatic heterocycles. The van der Waals surface area contributed by atoms with Gasteiger partial charge >= 0.3 is 0 Å². The van der Waals surface area contributed by atoms with E-state index < -0.39 is 5.82 Å². The van der Waals surface area contributed by atoms with Crippen molar-refractivity contribution in [2.45, 2.75) is 31.8 Å². The van der Waals surface area contributed by atoms with Gasteiger partial charge in [-0.15, -0.1) is 0 Å². The van der Waals surface area contributed by atoms with E-state index in [1.807, 2.05) is 14.0 Å². The molecule has 0 spiro atoms. The molecule has 1 saturated carbocycles. The van der Waals surface area contributed by atoms with E-state index in [0.29, 0.717) is 18.0 Å². The van der Waals surface area contributed by atoms with Crippen molar-refractivity contribution in [3.63, 3.8) is 0 Å². The van der Waals surface area contributed by atoms with E-state index in [4.69, 9.17) is 5.73 Å². The first-order valence-electron chi connectivity index (χ1n) is 6.41. The van der Waals surface area contributed by atoms with Gasteiger partial charge in [0.25, 0.3) is 0 Å². The highest BCUT2D eigenvalue weighted by Gasteiger charge is 2.35. The molecule has 1 aromatic carbocycles. The zero-order chi connectivity index (χ0) is 13.3. The Morgan fingerprint density at radius 2 is 2.06 bits per heavy atom. The molecule has 0 heterocycles. The van der Waals surface area contributed by atoms with E-state index in [-0.39, 0.29) is 17.9 Å². The first kappa shape index (κ1) is 13.4. The zero-order valence-corrected chi connectivity index (χ0v) is 10.9. The van der Waals surface area contributed by atoms with Gasteiger partial charge in [0.05, 0.1) is 0 Å². The van der Waals surface area contributed by atoms with E-state index in [9.17, 15) is 8.78 Å². The van der Waals surface area contributed by atoms with Crippen molar-refractivity contribution < 1.29 is 8.78 Å². The number of nitrogens with two attached hydrogens (primary N) is 1. The summed E-state index contributed by atoms with van der Waals surface area (Å²) in [5.41, 5.74) is 6.19. The molecule has 2 unspecified atom stereocenters. The summed E-state index contributed by atoms with van der Waals surface area (Å²) < 4.78 is 27.0. The van der Waals surface area contributed by atoms with Crippen LogP contribution in [0.5, 0.6) is 0 Å². The molecule has 0 radical (unpaired) electrons. The highest BCUT2D eigenvalue weighted by molar-refractivity contribution is 5.22. The fourth-order valence-corrected chi connectivity index (χ4v) is 2.51. The number of likely N-dealkylation sites (N-methyl/N-ethyl adjacent to an activating group) is 1. The lowest BCUT2D eigenvalue weighted by Crippen LogP contribution is -2.41. The van der Waals surface area contributed by atoms with Crippen LogP contribution in [0, 0.1) is 17.6 Å². The maximum Gasteiger partial charge on any atom is 0.128 e. The van der Waals surface area contributed by atoms with Crippen LogP contribution in [0.15, 0.2) is 18.2 Å². The average Bonchev–Trinajstić information content (AvgIpc) is 3.16. The summed E-state index contributed by atoms with van der Waals surface area (Å²) in [5, 5.41) is 0. The van der Waals surface area contributed by atoms with Crippen LogP contribution in [0.1, 0.15) is 31.4 Å². The molecule has 0 bridgehead atoms. The fourth-order valence-electron chi connectivity index (χ4n) is 2.51. The van der Waals surface area contributed by atoms with Crippen molar-refractivity contribution in [1.29, 1.82) is 0 Å². The van der Waals surface area contributed by atoms with E-state index in [0.717, 1.165) is 6.07 Å². The predicted octanol–water partition coefficient (Wildman–Crippen LogP) is 2.69. The lowest BCUT2D eigenvalue weighted by molar-refractivity contribution is 0.167. The lowest BCUT2D eigenvalue weighted by atomic mass is 10.0. The van der Waals surface area contributed by atoms with Crippen LogP contribution in [-0.4, -0.2) is 24.5 Å². The van der Waals surface area contributed by atoms with Crippen molar-refractivity contribution in [2.24, 2.45) is 11.7 Å². The molecule has 1 aliphatic rings. The van der Waals surface area contributed by atoms with Crippen LogP contribution in [-0.2, 0) is 0 Å². The van der Waals surface area contributed by atoms with E-state index in [2.05, 4.69) is 4.90 Å². The van der Waals surface area contributed by atoms with Crippen LogP contribution in [0.4, 0.5) is 8.78 Å². The third kappa shape index (κ3) is 2.70. The number of nitrogens with zero attached hydrogens (tertiary/aromatic N) is 1. The minimum atomic E-state index is -0.401. The normalized spacial score (nSPS) is 19.0. The summed E-state index contributed by atoms with van der Waals surface area (Å²) in [6.07, 6.45) is 2.37. The average molecular weight is 254 g/mol. The second-order valence-electron chi connectivity index (χ2n) is 5.15. The lowest BCUT2D eigenvalue weighted by Gasteiger charge is -2.33. The number of hydrogen-bond acceptors (Lipinski definition) is 2. The van der Waals surface area contributed by atoms with Gasteiger partial charge in [0, 0.05) is 24.2 Å². The van der Waals surface area contributed by atoms with E-state index >= 15 is 0 Å². The second kappa shape index (κ2) is 5.33. The molecule has 1 aromatic rings. The Labute approximate surface area is 107 Å². The first-order valence-corrected chi connectivity index (χ1v) is 6.41. The van der Waals surface area contributed by atoms with Gasteiger partial charge in [-0.2, -0.15) is 0 Å². The molecular weight excluding hydrogens is 234 g/mol. The van der Waals surface area contributed by atoms with Gasteiger partial charge in [-0.3, -0.25) is 4.90 Å². The smallest absolute Gasteiger partial charge is 0.128 e. The Kier molecular flexibility index (Phi) is 3.97. The summed E-state index contributed by atoms with van der Waals surface area (Å²) in [6.45, 7) is 2.45. The zero-order valence-electron chi connectivity index (χ0n) is 10.9. The van der Waals surface area contributed by atoms with Crippen molar-refractivity contribution in [3.05, 3.63) is 35.4 Å². The molecule has 18 heavy (non-hydrogen) atoms. The van der Waals surface area contributed by atoms with Gasteiger partial charge in [0.15, 0.2) is 0 Å². The molecule has 100 valence electrons.